The minimum Gasteiger partial charge on any atom is -0.311 e. The zero-order chi connectivity index (χ0) is 12.5. The van der Waals surface area contributed by atoms with Gasteiger partial charge in [-0.05, 0) is 26.0 Å². The molecule has 2 unspecified atom stereocenters. The van der Waals surface area contributed by atoms with Crippen molar-refractivity contribution in [1.29, 1.82) is 0 Å². The topological polar surface area (TPSA) is 64.0 Å². The minimum atomic E-state index is -2.99. The van der Waals surface area contributed by atoms with E-state index in [-0.39, 0.29) is 11.3 Å². The van der Waals surface area contributed by atoms with Crippen molar-refractivity contribution < 1.29 is 8.42 Å². The van der Waals surface area contributed by atoms with Gasteiger partial charge in [-0.2, -0.15) is 5.10 Å². The van der Waals surface area contributed by atoms with Crippen molar-refractivity contribution in [1.82, 2.24) is 15.1 Å². The predicted molar refractivity (Wildman–Crippen MR) is 66.4 cm³/mol. The molecular formula is C11H19N3O2S. The fraction of sp³-hybridized carbons (Fsp3) is 0.727. The second-order valence-electron chi connectivity index (χ2n) is 4.58. The average Bonchev–Trinajstić information content (AvgIpc) is 2.68. The summed E-state index contributed by atoms with van der Waals surface area (Å²) >= 11 is 0. The number of nitrogens with one attached hydrogen (secondary N) is 1. The van der Waals surface area contributed by atoms with Gasteiger partial charge in [0.2, 0.25) is 0 Å². The van der Waals surface area contributed by atoms with Crippen LogP contribution in [0.2, 0.25) is 0 Å². The Bertz CT molecular complexity index is 481. The molecule has 0 saturated carbocycles. The molecule has 1 aromatic heterocycles. The van der Waals surface area contributed by atoms with Gasteiger partial charge in [0.15, 0.2) is 9.84 Å². The third kappa shape index (κ3) is 2.52. The van der Waals surface area contributed by atoms with Gasteiger partial charge in [0.1, 0.15) is 0 Å². The van der Waals surface area contributed by atoms with Gasteiger partial charge in [-0.25, -0.2) is 8.42 Å². The molecule has 2 atom stereocenters. The molecule has 1 aliphatic heterocycles. The number of rotatable bonds is 3. The van der Waals surface area contributed by atoms with Crippen LogP contribution in [0.15, 0.2) is 12.3 Å². The van der Waals surface area contributed by atoms with E-state index >= 15 is 0 Å². The highest BCUT2D eigenvalue weighted by atomic mass is 32.2. The van der Waals surface area contributed by atoms with Crippen molar-refractivity contribution in [3.05, 3.63) is 18.0 Å². The van der Waals surface area contributed by atoms with E-state index in [0.717, 1.165) is 25.0 Å². The Hall–Kier alpha value is -0.880. The molecule has 1 fully saturated rings. The monoisotopic (exact) mass is 257 g/mol. The number of aromatic nitrogens is 2. The summed E-state index contributed by atoms with van der Waals surface area (Å²) in [5.74, 6) is 0.308. The van der Waals surface area contributed by atoms with Crippen LogP contribution in [0.3, 0.4) is 0 Å². The van der Waals surface area contributed by atoms with Gasteiger partial charge in [0.05, 0.1) is 22.7 Å². The molecule has 0 radical (unpaired) electrons. The van der Waals surface area contributed by atoms with Crippen LogP contribution < -0.4 is 5.32 Å². The first-order valence-corrected chi connectivity index (χ1v) is 7.64. The number of hydrogen-bond acceptors (Lipinski definition) is 4. The Labute approximate surface area is 102 Å². The molecule has 96 valence electrons. The normalized spacial score (nSPS) is 25.6. The summed E-state index contributed by atoms with van der Waals surface area (Å²) in [6.07, 6.45) is 4.34. The quantitative estimate of drug-likeness (QED) is 0.863. The molecule has 1 N–H and O–H groups in total. The summed E-state index contributed by atoms with van der Waals surface area (Å²) in [6.45, 7) is 0. The van der Waals surface area contributed by atoms with E-state index in [0.29, 0.717) is 5.75 Å². The van der Waals surface area contributed by atoms with E-state index in [2.05, 4.69) is 10.4 Å². The summed E-state index contributed by atoms with van der Waals surface area (Å²) in [4.78, 5) is 0. The number of hydrogen-bond donors (Lipinski definition) is 1. The fourth-order valence-corrected chi connectivity index (χ4v) is 4.60. The molecule has 0 aliphatic carbocycles. The molecule has 0 spiro atoms. The third-order valence-electron chi connectivity index (χ3n) is 3.36. The first-order valence-electron chi connectivity index (χ1n) is 5.93. The first kappa shape index (κ1) is 12.6. The number of nitrogens with zero attached hydrogens (tertiary/aromatic N) is 2. The van der Waals surface area contributed by atoms with Crippen LogP contribution in [0.5, 0.6) is 0 Å². The lowest BCUT2D eigenvalue weighted by atomic mass is 10.0. The second-order valence-corrected chi connectivity index (χ2v) is 6.92. The van der Waals surface area contributed by atoms with Gasteiger partial charge in [-0.1, -0.05) is 6.42 Å². The van der Waals surface area contributed by atoms with E-state index in [4.69, 9.17) is 0 Å². The Kier molecular flexibility index (Phi) is 3.53. The molecule has 1 aliphatic rings. The highest BCUT2D eigenvalue weighted by Gasteiger charge is 2.36. The van der Waals surface area contributed by atoms with E-state index in [1.165, 1.54) is 0 Å². The molecule has 6 heteroatoms. The van der Waals surface area contributed by atoms with E-state index in [1.54, 1.807) is 11.7 Å². The van der Waals surface area contributed by atoms with E-state index in [1.807, 2.05) is 19.3 Å². The number of aryl methyl sites for hydroxylation is 1. The Morgan fingerprint density at radius 2 is 2.29 bits per heavy atom. The van der Waals surface area contributed by atoms with E-state index in [9.17, 15) is 8.42 Å². The standard InChI is InChI=1S/C11H19N3O2S/c1-12-11(9-6-7-14(2)13-9)10-5-3-4-8-17(10,15)16/h6-7,10-12H,3-5,8H2,1-2H3. The predicted octanol–water partition coefficient (Wildman–Crippen LogP) is 0.648. The van der Waals surface area contributed by atoms with Crippen molar-refractivity contribution in [3.63, 3.8) is 0 Å². The van der Waals surface area contributed by atoms with Crippen LogP contribution in [0.25, 0.3) is 0 Å². The fourth-order valence-electron chi connectivity index (χ4n) is 2.48. The lowest BCUT2D eigenvalue weighted by Gasteiger charge is -2.28. The highest BCUT2D eigenvalue weighted by molar-refractivity contribution is 7.92. The van der Waals surface area contributed by atoms with Crippen LogP contribution in [-0.2, 0) is 16.9 Å². The van der Waals surface area contributed by atoms with Crippen molar-refractivity contribution in [2.24, 2.45) is 7.05 Å². The smallest absolute Gasteiger partial charge is 0.155 e. The van der Waals surface area contributed by atoms with Crippen LogP contribution >= 0.6 is 0 Å². The summed E-state index contributed by atoms with van der Waals surface area (Å²) in [7, 11) is 0.648. The Morgan fingerprint density at radius 1 is 1.53 bits per heavy atom. The van der Waals surface area contributed by atoms with Crippen LogP contribution in [0.1, 0.15) is 31.0 Å². The van der Waals surface area contributed by atoms with Crippen LogP contribution in [-0.4, -0.2) is 36.2 Å². The van der Waals surface area contributed by atoms with Gasteiger partial charge in [-0.15, -0.1) is 0 Å². The molecule has 0 aromatic carbocycles. The average molecular weight is 257 g/mol. The molecule has 1 saturated heterocycles. The molecule has 2 rings (SSSR count). The first-order chi connectivity index (χ1) is 8.04. The maximum atomic E-state index is 12.1. The Balaban J connectivity index is 2.29. The van der Waals surface area contributed by atoms with Gasteiger partial charge < -0.3 is 5.32 Å². The van der Waals surface area contributed by atoms with Crippen LogP contribution in [0, 0.1) is 0 Å². The Morgan fingerprint density at radius 3 is 2.82 bits per heavy atom. The zero-order valence-electron chi connectivity index (χ0n) is 10.3. The molecule has 17 heavy (non-hydrogen) atoms. The summed E-state index contributed by atoms with van der Waals surface area (Å²) in [5.41, 5.74) is 0.811. The third-order valence-corrected chi connectivity index (χ3v) is 5.65. The van der Waals surface area contributed by atoms with E-state index < -0.39 is 9.84 Å². The number of sulfone groups is 1. The zero-order valence-corrected chi connectivity index (χ0v) is 11.1. The second kappa shape index (κ2) is 4.78. The summed E-state index contributed by atoms with van der Waals surface area (Å²) < 4.78 is 25.9. The minimum absolute atomic E-state index is 0.193. The van der Waals surface area contributed by atoms with Crippen molar-refractivity contribution in [2.45, 2.75) is 30.6 Å². The largest absolute Gasteiger partial charge is 0.311 e. The van der Waals surface area contributed by atoms with Crippen molar-refractivity contribution >= 4 is 9.84 Å². The molecule has 1 aromatic rings. The van der Waals surface area contributed by atoms with Gasteiger partial charge in [0, 0.05) is 13.2 Å². The van der Waals surface area contributed by atoms with Gasteiger partial charge in [0.25, 0.3) is 0 Å². The lowest BCUT2D eigenvalue weighted by Crippen LogP contribution is -2.39. The molecular weight excluding hydrogens is 238 g/mol. The maximum Gasteiger partial charge on any atom is 0.155 e. The van der Waals surface area contributed by atoms with Gasteiger partial charge in [-0.3, -0.25) is 4.68 Å². The molecule has 0 bridgehead atoms. The maximum absolute atomic E-state index is 12.1. The summed E-state index contributed by atoms with van der Waals surface area (Å²) in [6, 6.07) is 1.69. The SMILES string of the molecule is CNC(c1ccn(C)n1)C1CCCCS1(=O)=O. The molecule has 5 nitrogen and oxygen atoms in total. The van der Waals surface area contributed by atoms with Crippen molar-refractivity contribution in [3.8, 4) is 0 Å². The highest BCUT2D eigenvalue weighted by Crippen LogP contribution is 2.29. The summed E-state index contributed by atoms with van der Waals surface area (Å²) in [5, 5.41) is 7.08. The lowest BCUT2D eigenvalue weighted by molar-refractivity contribution is 0.459. The van der Waals surface area contributed by atoms with Crippen molar-refractivity contribution in [2.75, 3.05) is 12.8 Å². The molecule has 2 heterocycles. The van der Waals surface area contributed by atoms with Crippen LogP contribution in [0.4, 0.5) is 0 Å². The molecule has 0 amide bonds. The van der Waals surface area contributed by atoms with Gasteiger partial charge >= 0.3 is 0 Å².